The minimum absolute atomic E-state index is 0.426. The van der Waals surface area contributed by atoms with Crippen LogP contribution in [0.1, 0.15) is 24.9 Å². The van der Waals surface area contributed by atoms with Crippen molar-refractivity contribution < 1.29 is 4.42 Å². The molecule has 2 N–H and O–H groups in total. The van der Waals surface area contributed by atoms with Gasteiger partial charge in [-0.3, -0.25) is 5.10 Å². The lowest BCUT2D eigenvalue weighted by molar-refractivity contribution is 0.456. The molecule has 0 spiro atoms. The molecule has 1 atom stereocenters. The lowest BCUT2D eigenvalue weighted by Gasteiger charge is -2.11. The Hall–Kier alpha value is -1.62. The molecule has 5 nitrogen and oxygen atoms in total. The van der Waals surface area contributed by atoms with Crippen molar-refractivity contribution in [1.29, 1.82) is 0 Å². The van der Waals surface area contributed by atoms with Gasteiger partial charge < -0.3 is 9.73 Å². The van der Waals surface area contributed by atoms with Crippen LogP contribution in [0, 0.1) is 0 Å². The number of nitrogens with zero attached hydrogens (tertiary/aromatic N) is 2. The SMILES string of the molecule is CC(CCc1ccco1)NCc1ncn[nH]1. The van der Waals surface area contributed by atoms with E-state index in [0.717, 1.165) is 31.0 Å². The molecule has 0 bridgehead atoms. The third-order valence-electron chi connectivity index (χ3n) is 2.49. The molecule has 2 rings (SSSR count). The maximum atomic E-state index is 5.28. The molecule has 86 valence electrons. The molecule has 0 fully saturated rings. The summed E-state index contributed by atoms with van der Waals surface area (Å²) in [4.78, 5) is 4.05. The third-order valence-corrected chi connectivity index (χ3v) is 2.49. The van der Waals surface area contributed by atoms with Crippen LogP contribution in [0.5, 0.6) is 0 Å². The first-order chi connectivity index (χ1) is 7.84. The first kappa shape index (κ1) is 10.9. The number of furan rings is 1. The molecule has 0 aliphatic carbocycles. The molecule has 2 aromatic rings. The molecular weight excluding hydrogens is 204 g/mol. The van der Waals surface area contributed by atoms with Gasteiger partial charge in [-0.1, -0.05) is 0 Å². The maximum Gasteiger partial charge on any atom is 0.138 e. The fourth-order valence-corrected chi connectivity index (χ4v) is 1.50. The van der Waals surface area contributed by atoms with E-state index in [1.165, 1.54) is 6.33 Å². The summed E-state index contributed by atoms with van der Waals surface area (Å²) in [6.07, 6.45) is 5.23. The van der Waals surface area contributed by atoms with Crippen molar-refractivity contribution in [3.05, 3.63) is 36.3 Å². The molecule has 5 heteroatoms. The largest absolute Gasteiger partial charge is 0.469 e. The van der Waals surface area contributed by atoms with Crippen LogP contribution in [0.15, 0.2) is 29.1 Å². The van der Waals surface area contributed by atoms with Gasteiger partial charge in [0, 0.05) is 12.5 Å². The predicted molar refractivity (Wildman–Crippen MR) is 59.7 cm³/mol. The van der Waals surface area contributed by atoms with Crippen LogP contribution in [-0.2, 0) is 13.0 Å². The fraction of sp³-hybridized carbons (Fsp3) is 0.455. The van der Waals surface area contributed by atoms with Crippen LogP contribution in [-0.4, -0.2) is 21.2 Å². The Bertz CT molecular complexity index is 344. The number of nitrogens with one attached hydrogen (secondary N) is 2. The van der Waals surface area contributed by atoms with Crippen molar-refractivity contribution in [2.75, 3.05) is 0 Å². The quantitative estimate of drug-likeness (QED) is 0.774. The van der Waals surface area contributed by atoms with Crippen LogP contribution in [0.25, 0.3) is 0 Å². The van der Waals surface area contributed by atoms with Gasteiger partial charge in [0.05, 0.1) is 12.8 Å². The zero-order valence-corrected chi connectivity index (χ0v) is 9.31. The number of rotatable bonds is 6. The van der Waals surface area contributed by atoms with Gasteiger partial charge in [0.1, 0.15) is 17.9 Å². The normalized spacial score (nSPS) is 12.8. The Morgan fingerprint density at radius 3 is 3.19 bits per heavy atom. The summed E-state index contributed by atoms with van der Waals surface area (Å²) in [5, 5.41) is 9.99. The third kappa shape index (κ3) is 3.20. The van der Waals surface area contributed by atoms with Gasteiger partial charge in [0.15, 0.2) is 0 Å². The average molecular weight is 220 g/mol. The molecule has 0 aliphatic rings. The Balaban J connectivity index is 1.66. The summed E-state index contributed by atoms with van der Waals surface area (Å²) in [6.45, 7) is 2.87. The van der Waals surface area contributed by atoms with E-state index in [0.29, 0.717) is 6.04 Å². The van der Waals surface area contributed by atoms with Gasteiger partial charge in [-0.2, -0.15) is 5.10 Å². The molecule has 0 aliphatic heterocycles. The van der Waals surface area contributed by atoms with Crippen molar-refractivity contribution in [3.63, 3.8) is 0 Å². The molecular formula is C11H16N4O. The summed E-state index contributed by atoms with van der Waals surface area (Å²) in [6, 6.07) is 4.35. The number of aryl methyl sites for hydroxylation is 1. The zero-order chi connectivity index (χ0) is 11.2. The predicted octanol–water partition coefficient (Wildman–Crippen LogP) is 1.51. The molecule has 1 unspecified atom stereocenters. The lowest BCUT2D eigenvalue weighted by atomic mass is 10.1. The van der Waals surface area contributed by atoms with Gasteiger partial charge in [-0.15, -0.1) is 0 Å². The van der Waals surface area contributed by atoms with Crippen molar-refractivity contribution in [3.8, 4) is 0 Å². The van der Waals surface area contributed by atoms with E-state index in [1.807, 2.05) is 12.1 Å². The molecule has 16 heavy (non-hydrogen) atoms. The molecule has 0 amide bonds. The monoisotopic (exact) mass is 220 g/mol. The highest BCUT2D eigenvalue weighted by Gasteiger charge is 2.04. The second-order valence-corrected chi connectivity index (χ2v) is 3.83. The standard InChI is InChI=1S/C11H16N4O/c1-9(4-5-10-3-2-6-16-10)12-7-11-13-8-14-15-11/h2-3,6,8-9,12H,4-5,7H2,1H3,(H,13,14,15). The number of aromatic amines is 1. The van der Waals surface area contributed by atoms with Gasteiger partial charge in [-0.05, 0) is 25.5 Å². The minimum Gasteiger partial charge on any atom is -0.469 e. The maximum absolute atomic E-state index is 5.28. The number of hydrogen-bond acceptors (Lipinski definition) is 4. The summed E-state index contributed by atoms with van der Waals surface area (Å²) < 4.78 is 5.28. The summed E-state index contributed by atoms with van der Waals surface area (Å²) in [5.41, 5.74) is 0. The topological polar surface area (TPSA) is 66.7 Å². The number of H-pyrrole nitrogens is 1. The van der Waals surface area contributed by atoms with Crippen molar-refractivity contribution in [2.45, 2.75) is 32.4 Å². The summed E-state index contributed by atoms with van der Waals surface area (Å²) in [5.74, 6) is 1.90. The van der Waals surface area contributed by atoms with Crippen LogP contribution in [0.3, 0.4) is 0 Å². The lowest BCUT2D eigenvalue weighted by Crippen LogP contribution is -2.26. The highest BCUT2D eigenvalue weighted by molar-refractivity contribution is 4.98. The second kappa shape index (κ2) is 5.46. The Kier molecular flexibility index (Phi) is 3.71. The van der Waals surface area contributed by atoms with Crippen LogP contribution in [0.2, 0.25) is 0 Å². The molecule has 2 heterocycles. The Morgan fingerprint density at radius 2 is 2.50 bits per heavy atom. The number of aromatic nitrogens is 3. The number of hydrogen-bond donors (Lipinski definition) is 2. The average Bonchev–Trinajstić information content (AvgIpc) is 2.96. The summed E-state index contributed by atoms with van der Waals surface area (Å²) >= 11 is 0. The van der Waals surface area contributed by atoms with E-state index in [1.54, 1.807) is 6.26 Å². The van der Waals surface area contributed by atoms with Crippen molar-refractivity contribution in [2.24, 2.45) is 0 Å². The zero-order valence-electron chi connectivity index (χ0n) is 9.31. The van der Waals surface area contributed by atoms with Gasteiger partial charge in [-0.25, -0.2) is 4.98 Å². The molecule has 0 aromatic carbocycles. The highest BCUT2D eigenvalue weighted by atomic mass is 16.3. The van der Waals surface area contributed by atoms with E-state index in [-0.39, 0.29) is 0 Å². The molecule has 0 saturated carbocycles. The van der Waals surface area contributed by atoms with Crippen LogP contribution in [0.4, 0.5) is 0 Å². The van der Waals surface area contributed by atoms with Crippen molar-refractivity contribution >= 4 is 0 Å². The molecule has 0 saturated heterocycles. The smallest absolute Gasteiger partial charge is 0.138 e. The van der Waals surface area contributed by atoms with E-state index >= 15 is 0 Å². The summed E-state index contributed by atoms with van der Waals surface area (Å²) in [7, 11) is 0. The van der Waals surface area contributed by atoms with Gasteiger partial charge >= 0.3 is 0 Å². The first-order valence-corrected chi connectivity index (χ1v) is 5.44. The van der Waals surface area contributed by atoms with E-state index in [9.17, 15) is 0 Å². The molecule has 0 radical (unpaired) electrons. The van der Waals surface area contributed by atoms with Gasteiger partial charge in [0.25, 0.3) is 0 Å². The van der Waals surface area contributed by atoms with Crippen LogP contribution >= 0.6 is 0 Å². The molecule has 2 aromatic heterocycles. The van der Waals surface area contributed by atoms with E-state index in [4.69, 9.17) is 4.42 Å². The first-order valence-electron chi connectivity index (χ1n) is 5.44. The fourth-order valence-electron chi connectivity index (χ4n) is 1.50. The Morgan fingerprint density at radius 1 is 1.56 bits per heavy atom. The van der Waals surface area contributed by atoms with E-state index in [2.05, 4.69) is 27.4 Å². The van der Waals surface area contributed by atoms with Crippen molar-refractivity contribution in [1.82, 2.24) is 20.5 Å². The van der Waals surface area contributed by atoms with E-state index < -0.39 is 0 Å². The second-order valence-electron chi connectivity index (χ2n) is 3.83. The highest BCUT2D eigenvalue weighted by Crippen LogP contribution is 2.05. The Labute approximate surface area is 94.3 Å². The van der Waals surface area contributed by atoms with Gasteiger partial charge in [0.2, 0.25) is 0 Å². The minimum atomic E-state index is 0.426. The van der Waals surface area contributed by atoms with Crippen LogP contribution < -0.4 is 5.32 Å².